The van der Waals surface area contributed by atoms with Crippen LogP contribution in [-0.4, -0.2) is 18.4 Å². The molecule has 1 aliphatic carbocycles. The maximum Gasteiger partial charge on any atom is 0.242 e. The molecule has 2 N–H and O–H groups in total. The molecular formula is C14H15ClFN3O2S. The number of halogens is 2. The lowest BCUT2D eigenvalue weighted by atomic mass is 10.0. The Morgan fingerprint density at radius 1 is 1.32 bits per heavy atom. The summed E-state index contributed by atoms with van der Waals surface area (Å²) in [5.74, 6) is -0.0961. The maximum absolute atomic E-state index is 13.2. The first kappa shape index (κ1) is 15.5. The fourth-order valence-electron chi connectivity index (χ4n) is 2.52. The Labute approximate surface area is 133 Å². The molecule has 3 rings (SSSR count). The molecule has 118 valence electrons. The van der Waals surface area contributed by atoms with Crippen molar-refractivity contribution in [3.05, 3.63) is 46.3 Å². The maximum atomic E-state index is 13.2. The minimum Gasteiger partial charge on any atom is -0.345 e. The van der Waals surface area contributed by atoms with Crippen molar-refractivity contribution in [1.82, 2.24) is 14.7 Å². The molecule has 1 aromatic heterocycles. The minimum atomic E-state index is -3.90. The number of rotatable bonds is 4. The van der Waals surface area contributed by atoms with Crippen molar-refractivity contribution in [2.24, 2.45) is 0 Å². The van der Waals surface area contributed by atoms with Gasteiger partial charge in [-0.15, -0.1) is 0 Å². The highest BCUT2D eigenvalue weighted by Gasteiger charge is 2.20. The van der Waals surface area contributed by atoms with Crippen LogP contribution >= 0.6 is 11.6 Å². The van der Waals surface area contributed by atoms with Gasteiger partial charge in [0, 0.05) is 5.69 Å². The molecule has 0 amide bonds. The number of aryl methyl sites for hydroxylation is 2. The van der Waals surface area contributed by atoms with Gasteiger partial charge in [0.2, 0.25) is 10.0 Å². The zero-order valence-corrected chi connectivity index (χ0v) is 13.3. The third-order valence-electron chi connectivity index (χ3n) is 3.62. The molecule has 0 radical (unpaired) electrons. The Morgan fingerprint density at radius 3 is 2.86 bits per heavy atom. The fraction of sp³-hybridized carbons (Fsp3) is 0.357. The topological polar surface area (TPSA) is 74.8 Å². The first-order chi connectivity index (χ1) is 10.5. The Kier molecular flexibility index (Phi) is 4.20. The summed E-state index contributed by atoms with van der Waals surface area (Å²) >= 11 is 5.84. The van der Waals surface area contributed by atoms with Crippen LogP contribution < -0.4 is 4.72 Å². The molecule has 22 heavy (non-hydrogen) atoms. The molecule has 0 bridgehead atoms. The van der Waals surface area contributed by atoms with Gasteiger partial charge >= 0.3 is 0 Å². The summed E-state index contributed by atoms with van der Waals surface area (Å²) in [6.45, 7) is 0.0160. The number of hydrogen-bond donors (Lipinski definition) is 2. The normalized spacial score (nSPS) is 14.8. The van der Waals surface area contributed by atoms with Crippen molar-refractivity contribution in [3.8, 4) is 0 Å². The zero-order valence-electron chi connectivity index (χ0n) is 11.7. The number of aromatic amines is 1. The number of aromatic nitrogens is 2. The van der Waals surface area contributed by atoms with Gasteiger partial charge in [0.1, 0.15) is 16.5 Å². The van der Waals surface area contributed by atoms with E-state index in [1.54, 1.807) is 0 Å². The average Bonchev–Trinajstić information content (AvgIpc) is 2.90. The van der Waals surface area contributed by atoms with Crippen molar-refractivity contribution in [2.45, 2.75) is 37.1 Å². The number of benzene rings is 1. The van der Waals surface area contributed by atoms with Gasteiger partial charge in [0.25, 0.3) is 0 Å². The molecule has 1 aromatic carbocycles. The van der Waals surface area contributed by atoms with E-state index in [0.717, 1.165) is 49.2 Å². The molecule has 1 aliphatic rings. The molecule has 0 saturated carbocycles. The third kappa shape index (κ3) is 3.16. The average molecular weight is 344 g/mol. The van der Waals surface area contributed by atoms with Crippen LogP contribution in [0.2, 0.25) is 5.02 Å². The second kappa shape index (κ2) is 5.98. The quantitative estimate of drug-likeness (QED) is 0.895. The van der Waals surface area contributed by atoms with E-state index < -0.39 is 15.8 Å². The summed E-state index contributed by atoms with van der Waals surface area (Å²) in [7, 11) is -3.90. The summed E-state index contributed by atoms with van der Waals surface area (Å²) in [6, 6.07) is 3.23. The van der Waals surface area contributed by atoms with E-state index in [4.69, 9.17) is 11.6 Å². The Hall–Kier alpha value is -1.44. The van der Waals surface area contributed by atoms with Gasteiger partial charge in [-0.25, -0.2) is 22.5 Å². The van der Waals surface area contributed by atoms with E-state index >= 15 is 0 Å². The number of nitrogens with zero attached hydrogens (tertiary/aromatic N) is 1. The van der Waals surface area contributed by atoms with Crippen molar-refractivity contribution in [3.63, 3.8) is 0 Å². The number of nitrogens with one attached hydrogen (secondary N) is 2. The van der Waals surface area contributed by atoms with Crippen molar-refractivity contribution >= 4 is 21.6 Å². The molecule has 0 saturated heterocycles. The van der Waals surface area contributed by atoms with Crippen LogP contribution in [0.5, 0.6) is 0 Å². The summed E-state index contributed by atoms with van der Waals surface area (Å²) in [5, 5.41) is -0.0207. The Balaban J connectivity index is 1.77. The molecule has 0 fully saturated rings. The fourth-order valence-corrected chi connectivity index (χ4v) is 4.02. The first-order valence-electron chi connectivity index (χ1n) is 6.97. The third-order valence-corrected chi connectivity index (χ3v) is 5.50. The van der Waals surface area contributed by atoms with Crippen LogP contribution in [0.25, 0.3) is 0 Å². The summed E-state index contributed by atoms with van der Waals surface area (Å²) in [6.07, 6.45) is 4.06. The van der Waals surface area contributed by atoms with Crippen LogP contribution in [0.1, 0.15) is 30.1 Å². The van der Waals surface area contributed by atoms with Gasteiger partial charge in [-0.05, 0) is 43.9 Å². The molecule has 0 spiro atoms. The first-order valence-corrected chi connectivity index (χ1v) is 8.83. The van der Waals surface area contributed by atoms with Crippen LogP contribution in [0.3, 0.4) is 0 Å². The molecule has 0 atom stereocenters. The van der Waals surface area contributed by atoms with E-state index in [-0.39, 0.29) is 16.5 Å². The van der Waals surface area contributed by atoms with Gasteiger partial charge in [0.05, 0.1) is 17.3 Å². The highest BCUT2D eigenvalue weighted by atomic mass is 35.5. The molecule has 0 aliphatic heterocycles. The van der Waals surface area contributed by atoms with E-state index in [1.165, 1.54) is 6.07 Å². The minimum absolute atomic E-state index is 0.0160. The van der Waals surface area contributed by atoms with Crippen LogP contribution in [0.4, 0.5) is 4.39 Å². The van der Waals surface area contributed by atoms with E-state index in [2.05, 4.69) is 14.7 Å². The lowest BCUT2D eigenvalue weighted by Gasteiger charge is -2.07. The lowest BCUT2D eigenvalue weighted by Crippen LogP contribution is -2.24. The van der Waals surface area contributed by atoms with Gasteiger partial charge in [-0.1, -0.05) is 11.6 Å². The summed E-state index contributed by atoms with van der Waals surface area (Å²) in [5.41, 5.74) is 2.08. The highest BCUT2D eigenvalue weighted by Crippen LogP contribution is 2.22. The second-order valence-electron chi connectivity index (χ2n) is 5.22. The Bertz CT molecular complexity index is 781. The van der Waals surface area contributed by atoms with Crippen LogP contribution in [0, 0.1) is 5.82 Å². The molecule has 8 heteroatoms. The van der Waals surface area contributed by atoms with E-state index in [1.807, 2.05) is 0 Å². The van der Waals surface area contributed by atoms with Gasteiger partial charge in [-0.3, -0.25) is 0 Å². The molecular weight excluding hydrogens is 329 g/mol. The predicted octanol–water partition coefficient (Wildman–Crippen LogP) is 2.56. The van der Waals surface area contributed by atoms with Gasteiger partial charge in [0.15, 0.2) is 0 Å². The number of fused-ring (bicyclic) bond motifs is 1. The smallest absolute Gasteiger partial charge is 0.242 e. The number of imidazole rings is 1. The van der Waals surface area contributed by atoms with Crippen molar-refractivity contribution in [1.29, 1.82) is 0 Å². The number of H-pyrrole nitrogens is 1. The number of hydrogen-bond acceptors (Lipinski definition) is 3. The molecule has 1 heterocycles. The lowest BCUT2D eigenvalue weighted by molar-refractivity contribution is 0.576. The Morgan fingerprint density at radius 2 is 2.09 bits per heavy atom. The van der Waals surface area contributed by atoms with E-state index in [9.17, 15) is 12.8 Å². The standard InChI is InChI=1S/C14H15ClFN3O2S/c15-10-6-5-9(16)7-13(10)22(20,21)17-8-14-18-11-3-1-2-4-12(11)19-14/h5-7,17H,1-4,8H2,(H,18,19). The van der Waals surface area contributed by atoms with Crippen LogP contribution in [-0.2, 0) is 29.4 Å². The summed E-state index contributed by atoms with van der Waals surface area (Å²) < 4.78 is 40.1. The number of sulfonamides is 1. The highest BCUT2D eigenvalue weighted by molar-refractivity contribution is 7.89. The van der Waals surface area contributed by atoms with Gasteiger partial charge in [-0.2, -0.15) is 0 Å². The monoisotopic (exact) mass is 343 g/mol. The zero-order chi connectivity index (χ0) is 15.7. The van der Waals surface area contributed by atoms with Gasteiger partial charge < -0.3 is 4.98 Å². The van der Waals surface area contributed by atoms with Crippen molar-refractivity contribution < 1.29 is 12.8 Å². The molecule has 5 nitrogen and oxygen atoms in total. The predicted molar refractivity (Wildman–Crippen MR) is 80.7 cm³/mol. The summed E-state index contributed by atoms with van der Waals surface area (Å²) in [4.78, 5) is 7.26. The molecule has 2 aromatic rings. The van der Waals surface area contributed by atoms with E-state index in [0.29, 0.717) is 5.82 Å². The second-order valence-corrected chi connectivity index (χ2v) is 7.36. The van der Waals surface area contributed by atoms with Crippen molar-refractivity contribution in [2.75, 3.05) is 0 Å². The van der Waals surface area contributed by atoms with Crippen LogP contribution in [0.15, 0.2) is 23.1 Å². The largest absolute Gasteiger partial charge is 0.345 e. The molecule has 0 unspecified atom stereocenters. The SMILES string of the molecule is O=S(=O)(NCc1nc2c([nH]1)CCCC2)c1cc(F)ccc1Cl.